The molecular weight excluding hydrogens is 240 g/mol. The van der Waals surface area contributed by atoms with Gasteiger partial charge in [-0.1, -0.05) is 0 Å². The fraction of sp³-hybridized carbons (Fsp3) is 0.556. The second kappa shape index (κ2) is 6.07. The van der Waals surface area contributed by atoms with Crippen LogP contribution in [0.25, 0.3) is 0 Å². The van der Waals surface area contributed by atoms with Crippen molar-refractivity contribution < 1.29 is 10.0 Å². The maximum absolute atomic E-state index is 10.9. The average molecular weight is 256 g/mol. The quantitative estimate of drug-likeness (QED) is 0.364. The molecule has 9 nitrogen and oxygen atoms in total. The van der Waals surface area contributed by atoms with Crippen LogP contribution >= 0.6 is 0 Å². The number of hydrazine groups is 1. The number of nitro groups is 1. The summed E-state index contributed by atoms with van der Waals surface area (Å²) in [5, 5.41) is 20.1. The Labute approximate surface area is 104 Å². The van der Waals surface area contributed by atoms with Crippen LogP contribution in [0.2, 0.25) is 0 Å². The third-order valence-corrected chi connectivity index (χ3v) is 2.32. The van der Waals surface area contributed by atoms with Crippen LogP contribution in [0.3, 0.4) is 0 Å². The molecule has 1 rings (SSSR count). The Hall–Kier alpha value is -2.00. The molecule has 0 fully saturated rings. The van der Waals surface area contributed by atoms with E-state index < -0.39 is 11.0 Å². The van der Waals surface area contributed by atoms with Crippen LogP contribution in [0.5, 0.6) is 0 Å². The minimum atomic E-state index is -0.561. The first-order valence-electron chi connectivity index (χ1n) is 5.33. The summed E-state index contributed by atoms with van der Waals surface area (Å²) in [5.74, 6) is 5.42. The van der Waals surface area contributed by atoms with E-state index in [0.29, 0.717) is 13.0 Å². The highest BCUT2D eigenvalue weighted by Crippen LogP contribution is 2.25. The van der Waals surface area contributed by atoms with Crippen molar-refractivity contribution in [1.82, 2.24) is 9.97 Å². The Kier molecular flexibility index (Phi) is 4.75. The number of nitrogen functional groups attached to an aromatic ring is 1. The lowest BCUT2D eigenvalue weighted by Gasteiger charge is -2.18. The van der Waals surface area contributed by atoms with E-state index >= 15 is 0 Å². The second-order valence-corrected chi connectivity index (χ2v) is 3.86. The number of hydrogen-bond donors (Lipinski definition) is 3. The van der Waals surface area contributed by atoms with E-state index in [9.17, 15) is 15.2 Å². The smallest absolute Gasteiger partial charge is 0.329 e. The number of hydrogen-bond acceptors (Lipinski definition) is 8. The minimum Gasteiger partial charge on any atom is -0.393 e. The molecule has 1 aromatic heterocycles. The molecule has 1 heterocycles. The van der Waals surface area contributed by atoms with Crippen LogP contribution < -0.4 is 16.2 Å². The van der Waals surface area contributed by atoms with E-state index in [1.54, 1.807) is 18.9 Å². The number of aliphatic hydroxyl groups is 1. The lowest BCUT2D eigenvalue weighted by molar-refractivity contribution is -0.384. The maximum Gasteiger partial charge on any atom is 0.329 e. The van der Waals surface area contributed by atoms with Crippen molar-refractivity contribution in [2.45, 2.75) is 19.4 Å². The van der Waals surface area contributed by atoms with Gasteiger partial charge in [0.15, 0.2) is 0 Å². The third kappa shape index (κ3) is 3.50. The van der Waals surface area contributed by atoms with Crippen molar-refractivity contribution in [2.24, 2.45) is 5.84 Å². The minimum absolute atomic E-state index is 0.0968. The highest BCUT2D eigenvalue weighted by molar-refractivity contribution is 5.58. The van der Waals surface area contributed by atoms with Crippen molar-refractivity contribution in [2.75, 3.05) is 23.9 Å². The summed E-state index contributed by atoms with van der Waals surface area (Å²) in [7, 11) is 1.65. The van der Waals surface area contributed by atoms with Crippen molar-refractivity contribution in [1.29, 1.82) is 0 Å². The molecule has 0 aromatic carbocycles. The zero-order valence-corrected chi connectivity index (χ0v) is 10.2. The Morgan fingerprint density at radius 3 is 2.89 bits per heavy atom. The molecule has 18 heavy (non-hydrogen) atoms. The summed E-state index contributed by atoms with van der Waals surface area (Å²) >= 11 is 0. The summed E-state index contributed by atoms with van der Waals surface area (Å²) in [5.41, 5.74) is 2.03. The number of aliphatic hydroxyl groups excluding tert-OH is 1. The van der Waals surface area contributed by atoms with E-state index in [2.05, 4.69) is 15.4 Å². The summed E-state index contributed by atoms with van der Waals surface area (Å²) in [6.45, 7) is 2.08. The van der Waals surface area contributed by atoms with E-state index in [0.717, 1.165) is 6.20 Å². The molecule has 4 N–H and O–H groups in total. The van der Waals surface area contributed by atoms with Crippen LogP contribution in [0.1, 0.15) is 13.3 Å². The first-order valence-corrected chi connectivity index (χ1v) is 5.33. The SMILES string of the molecule is CC(O)CCN(C)c1nc(NN)ncc1[N+](=O)[O-]. The predicted molar refractivity (Wildman–Crippen MR) is 66.1 cm³/mol. The fourth-order valence-electron chi connectivity index (χ4n) is 1.33. The lowest BCUT2D eigenvalue weighted by atomic mass is 10.3. The third-order valence-electron chi connectivity index (χ3n) is 2.32. The van der Waals surface area contributed by atoms with Gasteiger partial charge in [-0.05, 0) is 13.3 Å². The van der Waals surface area contributed by atoms with E-state index in [1.807, 2.05) is 0 Å². The molecule has 1 unspecified atom stereocenters. The molecule has 0 saturated carbocycles. The molecule has 0 saturated heterocycles. The van der Waals surface area contributed by atoms with Crippen molar-refractivity contribution in [3.63, 3.8) is 0 Å². The number of anilines is 2. The molecule has 1 atom stereocenters. The number of nitrogens with zero attached hydrogens (tertiary/aromatic N) is 4. The Morgan fingerprint density at radius 1 is 1.72 bits per heavy atom. The van der Waals surface area contributed by atoms with Crippen molar-refractivity contribution in [3.8, 4) is 0 Å². The zero-order chi connectivity index (χ0) is 13.7. The molecule has 0 amide bonds. The highest BCUT2D eigenvalue weighted by atomic mass is 16.6. The van der Waals surface area contributed by atoms with Crippen molar-refractivity contribution in [3.05, 3.63) is 16.3 Å². The van der Waals surface area contributed by atoms with Gasteiger partial charge in [0.2, 0.25) is 11.8 Å². The zero-order valence-electron chi connectivity index (χ0n) is 10.2. The van der Waals surface area contributed by atoms with Gasteiger partial charge >= 0.3 is 5.69 Å². The molecular formula is C9H16N6O3. The molecule has 1 aromatic rings. The van der Waals surface area contributed by atoms with Gasteiger partial charge < -0.3 is 10.0 Å². The topological polar surface area (TPSA) is 130 Å². The summed E-state index contributed by atoms with van der Waals surface area (Å²) in [6.07, 6.45) is 1.08. The Morgan fingerprint density at radius 2 is 2.39 bits per heavy atom. The summed E-state index contributed by atoms with van der Waals surface area (Å²) in [4.78, 5) is 19.5. The predicted octanol–water partition coefficient (Wildman–Crippen LogP) is -0.122. The van der Waals surface area contributed by atoms with Gasteiger partial charge in [0.25, 0.3) is 0 Å². The maximum atomic E-state index is 10.9. The molecule has 0 aliphatic heterocycles. The second-order valence-electron chi connectivity index (χ2n) is 3.86. The fourth-order valence-corrected chi connectivity index (χ4v) is 1.33. The van der Waals surface area contributed by atoms with Crippen LogP contribution in [0.4, 0.5) is 17.5 Å². The lowest BCUT2D eigenvalue weighted by Crippen LogP contribution is -2.24. The molecule has 0 spiro atoms. The molecule has 0 bridgehead atoms. The molecule has 100 valence electrons. The van der Waals surface area contributed by atoms with Gasteiger partial charge in [0, 0.05) is 13.6 Å². The van der Waals surface area contributed by atoms with Crippen LogP contribution in [0, 0.1) is 10.1 Å². The number of nitrogens with one attached hydrogen (secondary N) is 1. The summed E-state index contributed by atoms with van der Waals surface area (Å²) in [6, 6.07) is 0. The molecule has 9 heteroatoms. The van der Waals surface area contributed by atoms with Crippen LogP contribution in [-0.2, 0) is 0 Å². The van der Waals surface area contributed by atoms with Gasteiger partial charge in [-0.15, -0.1) is 0 Å². The highest BCUT2D eigenvalue weighted by Gasteiger charge is 2.20. The first kappa shape index (κ1) is 14.1. The van der Waals surface area contributed by atoms with E-state index in [1.165, 1.54) is 0 Å². The largest absolute Gasteiger partial charge is 0.393 e. The van der Waals surface area contributed by atoms with E-state index in [-0.39, 0.29) is 17.5 Å². The average Bonchev–Trinajstić information content (AvgIpc) is 2.34. The summed E-state index contributed by atoms with van der Waals surface area (Å²) < 4.78 is 0. The number of rotatable bonds is 6. The normalized spacial score (nSPS) is 12.0. The standard InChI is InChI=1S/C9H16N6O3/c1-6(16)3-4-14(2)8-7(15(17)18)5-11-9(12-8)13-10/h5-6,16H,3-4,10H2,1-2H3,(H,11,12,13). The van der Waals surface area contributed by atoms with E-state index in [4.69, 9.17) is 5.84 Å². The van der Waals surface area contributed by atoms with Gasteiger partial charge in [-0.3, -0.25) is 15.5 Å². The van der Waals surface area contributed by atoms with Crippen molar-refractivity contribution >= 4 is 17.5 Å². The monoisotopic (exact) mass is 256 g/mol. The van der Waals surface area contributed by atoms with Gasteiger partial charge in [0.05, 0.1) is 11.0 Å². The Balaban J connectivity index is 2.99. The van der Waals surface area contributed by atoms with Crippen LogP contribution in [0.15, 0.2) is 6.20 Å². The van der Waals surface area contributed by atoms with Crippen LogP contribution in [-0.4, -0.2) is 39.7 Å². The van der Waals surface area contributed by atoms with Gasteiger partial charge in [-0.25, -0.2) is 10.8 Å². The first-order chi connectivity index (χ1) is 8.45. The molecule has 0 aliphatic rings. The molecule has 0 aliphatic carbocycles. The number of nitrogens with two attached hydrogens (primary N) is 1. The Bertz CT molecular complexity index is 425. The van der Waals surface area contributed by atoms with Gasteiger partial charge in [0.1, 0.15) is 6.20 Å². The van der Waals surface area contributed by atoms with Gasteiger partial charge in [-0.2, -0.15) is 4.98 Å². The number of aromatic nitrogens is 2. The molecule has 0 radical (unpaired) electrons.